The smallest absolute Gasteiger partial charge is 0.246 e. The van der Waals surface area contributed by atoms with E-state index in [1.165, 1.54) is 6.08 Å². The quantitative estimate of drug-likeness (QED) is 0.799. The van der Waals surface area contributed by atoms with Gasteiger partial charge < -0.3 is 10.6 Å². The number of primary amides is 1. The molecule has 0 fully saturated rings. The largest absolute Gasteiger partial charge is 0.370 e. The van der Waals surface area contributed by atoms with E-state index < -0.39 is 5.91 Å². The highest BCUT2D eigenvalue weighted by Crippen LogP contribution is 2.11. The maximum atomic E-state index is 12.3. The Morgan fingerprint density at radius 2 is 1.91 bits per heavy atom. The third-order valence-corrected chi connectivity index (χ3v) is 3.93. The molecule has 1 aromatic heterocycles. The van der Waals surface area contributed by atoms with E-state index in [0.717, 1.165) is 10.4 Å². The molecule has 4 nitrogen and oxygen atoms in total. The Kier molecular flexibility index (Phi) is 5.91. The summed E-state index contributed by atoms with van der Waals surface area (Å²) in [6, 6.07) is 13.6. The number of amides is 2. The second-order valence-corrected chi connectivity index (χ2v) is 5.79. The van der Waals surface area contributed by atoms with Crippen molar-refractivity contribution in [2.45, 2.75) is 13.0 Å². The molecule has 0 aliphatic carbocycles. The first-order valence-electron chi connectivity index (χ1n) is 6.98. The minimum absolute atomic E-state index is 0.126. The van der Waals surface area contributed by atoms with Crippen LogP contribution in [0, 0.1) is 0 Å². The van der Waals surface area contributed by atoms with Crippen LogP contribution in [0.3, 0.4) is 0 Å². The number of nitrogens with two attached hydrogens (primary N) is 1. The molecule has 0 bridgehead atoms. The Hall–Kier alpha value is -2.40. The monoisotopic (exact) mass is 314 g/mol. The van der Waals surface area contributed by atoms with Crippen LogP contribution in [0.4, 0.5) is 0 Å². The van der Waals surface area contributed by atoms with Gasteiger partial charge in [-0.1, -0.05) is 36.4 Å². The van der Waals surface area contributed by atoms with Crippen molar-refractivity contribution < 1.29 is 9.59 Å². The second kappa shape index (κ2) is 8.14. The van der Waals surface area contributed by atoms with E-state index in [0.29, 0.717) is 13.1 Å². The minimum Gasteiger partial charge on any atom is -0.370 e. The maximum Gasteiger partial charge on any atom is 0.246 e. The standard InChI is InChI=1S/C17H18N2O2S/c18-16(20)10-11-19(13-14-5-2-1-3-6-14)17(21)9-8-15-7-4-12-22-15/h1-9,12H,10-11,13H2,(H2,18,20)/b9-8+. The maximum absolute atomic E-state index is 12.3. The normalized spacial score (nSPS) is 10.7. The molecular weight excluding hydrogens is 296 g/mol. The van der Waals surface area contributed by atoms with Crippen molar-refractivity contribution in [3.8, 4) is 0 Å². The molecule has 0 saturated carbocycles. The molecule has 0 unspecified atom stereocenters. The molecule has 5 heteroatoms. The zero-order chi connectivity index (χ0) is 15.8. The van der Waals surface area contributed by atoms with Gasteiger partial charge in [-0.2, -0.15) is 0 Å². The Morgan fingerprint density at radius 1 is 1.14 bits per heavy atom. The average Bonchev–Trinajstić information content (AvgIpc) is 3.03. The molecule has 0 saturated heterocycles. The number of nitrogens with zero attached hydrogens (tertiary/aromatic N) is 1. The van der Waals surface area contributed by atoms with E-state index >= 15 is 0 Å². The van der Waals surface area contributed by atoms with Crippen molar-refractivity contribution in [1.82, 2.24) is 4.90 Å². The molecule has 1 aromatic carbocycles. The Labute approximate surface area is 133 Å². The van der Waals surface area contributed by atoms with Gasteiger partial charge in [-0.25, -0.2) is 0 Å². The topological polar surface area (TPSA) is 63.4 Å². The molecule has 0 aliphatic rings. The lowest BCUT2D eigenvalue weighted by Crippen LogP contribution is -2.32. The summed E-state index contributed by atoms with van der Waals surface area (Å²) in [5, 5.41) is 1.96. The molecule has 0 atom stereocenters. The number of hydrogen-bond donors (Lipinski definition) is 1. The summed E-state index contributed by atoms with van der Waals surface area (Å²) in [5.74, 6) is -0.536. The van der Waals surface area contributed by atoms with Crippen molar-refractivity contribution >= 4 is 29.2 Å². The molecule has 0 spiro atoms. The van der Waals surface area contributed by atoms with Crippen molar-refractivity contribution in [3.05, 3.63) is 64.4 Å². The first-order chi connectivity index (χ1) is 10.6. The summed E-state index contributed by atoms with van der Waals surface area (Å²) in [4.78, 5) is 26.0. The summed E-state index contributed by atoms with van der Waals surface area (Å²) in [6.45, 7) is 0.777. The van der Waals surface area contributed by atoms with Gasteiger partial charge in [0.15, 0.2) is 0 Å². The van der Waals surface area contributed by atoms with Gasteiger partial charge in [0, 0.05) is 30.5 Å². The van der Waals surface area contributed by atoms with E-state index in [1.54, 1.807) is 22.3 Å². The van der Waals surface area contributed by atoms with Gasteiger partial charge in [-0.15, -0.1) is 11.3 Å². The van der Waals surface area contributed by atoms with E-state index in [2.05, 4.69) is 0 Å². The third-order valence-electron chi connectivity index (χ3n) is 3.09. The summed E-state index contributed by atoms with van der Waals surface area (Å²) in [7, 11) is 0. The molecule has 2 aromatic rings. The van der Waals surface area contributed by atoms with Gasteiger partial charge in [0.2, 0.25) is 11.8 Å². The van der Waals surface area contributed by atoms with E-state index in [4.69, 9.17) is 5.73 Å². The van der Waals surface area contributed by atoms with Crippen LogP contribution < -0.4 is 5.73 Å². The number of benzene rings is 1. The Bertz CT molecular complexity index is 636. The Balaban J connectivity index is 2.05. The summed E-state index contributed by atoms with van der Waals surface area (Å²) < 4.78 is 0. The van der Waals surface area contributed by atoms with E-state index in [1.807, 2.05) is 47.8 Å². The lowest BCUT2D eigenvalue weighted by molar-refractivity contribution is -0.127. The predicted molar refractivity (Wildman–Crippen MR) is 89.0 cm³/mol. The van der Waals surface area contributed by atoms with Gasteiger partial charge in [0.25, 0.3) is 0 Å². The van der Waals surface area contributed by atoms with Gasteiger partial charge in [0.05, 0.1) is 0 Å². The van der Waals surface area contributed by atoms with Gasteiger partial charge in [-0.3, -0.25) is 9.59 Å². The summed E-state index contributed by atoms with van der Waals surface area (Å²) in [5.41, 5.74) is 6.21. The van der Waals surface area contributed by atoms with Gasteiger partial charge in [0.1, 0.15) is 0 Å². The van der Waals surface area contributed by atoms with Crippen LogP contribution in [0.1, 0.15) is 16.9 Å². The zero-order valence-electron chi connectivity index (χ0n) is 12.1. The van der Waals surface area contributed by atoms with Crippen molar-refractivity contribution in [1.29, 1.82) is 0 Å². The third kappa shape index (κ3) is 5.18. The highest BCUT2D eigenvalue weighted by molar-refractivity contribution is 7.10. The molecule has 2 N–H and O–H groups in total. The lowest BCUT2D eigenvalue weighted by Gasteiger charge is -2.20. The first-order valence-corrected chi connectivity index (χ1v) is 7.86. The van der Waals surface area contributed by atoms with Crippen LogP contribution in [0.15, 0.2) is 53.9 Å². The molecule has 0 radical (unpaired) electrons. The molecule has 2 amide bonds. The number of hydrogen-bond acceptors (Lipinski definition) is 3. The molecule has 22 heavy (non-hydrogen) atoms. The lowest BCUT2D eigenvalue weighted by atomic mass is 10.2. The fraction of sp³-hybridized carbons (Fsp3) is 0.176. The van der Waals surface area contributed by atoms with E-state index in [9.17, 15) is 9.59 Å². The summed E-state index contributed by atoms with van der Waals surface area (Å²) in [6.07, 6.45) is 3.48. The predicted octanol–water partition coefficient (Wildman–Crippen LogP) is 2.67. The van der Waals surface area contributed by atoms with Gasteiger partial charge >= 0.3 is 0 Å². The van der Waals surface area contributed by atoms with Gasteiger partial charge in [-0.05, 0) is 23.1 Å². The second-order valence-electron chi connectivity index (χ2n) is 4.81. The highest BCUT2D eigenvalue weighted by Gasteiger charge is 2.12. The number of carbonyl (C=O) groups excluding carboxylic acids is 2. The van der Waals surface area contributed by atoms with Crippen LogP contribution in [-0.2, 0) is 16.1 Å². The average molecular weight is 314 g/mol. The minimum atomic E-state index is -0.409. The molecule has 114 valence electrons. The Morgan fingerprint density at radius 3 is 2.55 bits per heavy atom. The van der Waals surface area contributed by atoms with Crippen LogP contribution in [0.5, 0.6) is 0 Å². The summed E-state index contributed by atoms with van der Waals surface area (Å²) >= 11 is 1.57. The fourth-order valence-corrected chi connectivity index (χ4v) is 2.58. The van der Waals surface area contributed by atoms with Crippen LogP contribution in [0.25, 0.3) is 6.08 Å². The first kappa shape index (κ1) is 16.0. The van der Waals surface area contributed by atoms with E-state index in [-0.39, 0.29) is 12.3 Å². The molecular formula is C17H18N2O2S. The SMILES string of the molecule is NC(=O)CCN(Cc1ccccc1)C(=O)/C=C/c1cccs1. The van der Waals surface area contributed by atoms with Crippen molar-refractivity contribution in [3.63, 3.8) is 0 Å². The van der Waals surface area contributed by atoms with Crippen LogP contribution in [0.2, 0.25) is 0 Å². The van der Waals surface area contributed by atoms with Crippen molar-refractivity contribution in [2.75, 3.05) is 6.54 Å². The van der Waals surface area contributed by atoms with Crippen molar-refractivity contribution in [2.24, 2.45) is 5.73 Å². The number of rotatable bonds is 7. The fourth-order valence-electron chi connectivity index (χ4n) is 1.96. The number of carbonyl (C=O) groups is 2. The zero-order valence-corrected chi connectivity index (χ0v) is 13.0. The molecule has 1 heterocycles. The highest BCUT2D eigenvalue weighted by atomic mass is 32.1. The number of thiophene rings is 1. The molecule has 2 rings (SSSR count). The molecule has 0 aliphatic heterocycles. The van der Waals surface area contributed by atoms with Crippen LogP contribution >= 0.6 is 11.3 Å². The van der Waals surface area contributed by atoms with Crippen LogP contribution in [-0.4, -0.2) is 23.3 Å².